The van der Waals surface area contributed by atoms with Crippen molar-refractivity contribution in [1.82, 2.24) is 10.3 Å². The van der Waals surface area contributed by atoms with Crippen LogP contribution in [0.5, 0.6) is 0 Å². The average molecular weight is 362 g/mol. The number of aromatic nitrogens is 1. The second-order valence-electron chi connectivity index (χ2n) is 6.30. The van der Waals surface area contributed by atoms with Gasteiger partial charge in [0.15, 0.2) is 5.69 Å². The predicted octanol–water partition coefficient (Wildman–Crippen LogP) is 4.01. The van der Waals surface area contributed by atoms with Gasteiger partial charge in [0.25, 0.3) is 0 Å². The number of benzene rings is 1. The molecule has 0 saturated heterocycles. The van der Waals surface area contributed by atoms with Crippen LogP contribution in [0.25, 0.3) is 10.4 Å². The molecule has 0 fully saturated rings. The van der Waals surface area contributed by atoms with E-state index < -0.39 is 17.7 Å². The molecule has 2 aromatic rings. The first-order chi connectivity index (χ1) is 11.8. The number of ether oxygens (including phenoxy) is 2. The van der Waals surface area contributed by atoms with Crippen molar-refractivity contribution in [2.45, 2.75) is 39.8 Å². The normalized spacial score (nSPS) is 11.0. The van der Waals surface area contributed by atoms with Gasteiger partial charge in [-0.05, 0) is 38.8 Å². The number of hydrogen-bond donors (Lipinski definition) is 1. The molecule has 134 valence electrons. The molecule has 1 aromatic heterocycles. The van der Waals surface area contributed by atoms with Gasteiger partial charge in [-0.1, -0.05) is 24.3 Å². The molecule has 6 nitrogen and oxygen atoms in total. The van der Waals surface area contributed by atoms with Gasteiger partial charge in [0.1, 0.15) is 5.60 Å². The second kappa shape index (κ2) is 8.11. The highest BCUT2D eigenvalue weighted by Crippen LogP contribution is 2.28. The first-order valence-electron chi connectivity index (χ1n) is 7.97. The zero-order valence-corrected chi connectivity index (χ0v) is 15.6. The molecular weight excluding hydrogens is 340 g/mol. The van der Waals surface area contributed by atoms with Crippen molar-refractivity contribution in [3.63, 3.8) is 0 Å². The first-order valence-corrected chi connectivity index (χ1v) is 8.85. The highest BCUT2D eigenvalue weighted by Gasteiger charge is 2.18. The molecule has 1 N–H and O–H groups in total. The summed E-state index contributed by atoms with van der Waals surface area (Å²) in [5.74, 6) is -0.422. The van der Waals surface area contributed by atoms with Crippen LogP contribution in [-0.4, -0.2) is 29.3 Å². The molecular formula is C18H22N2O4S. The zero-order valence-electron chi connectivity index (χ0n) is 14.8. The van der Waals surface area contributed by atoms with E-state index in [0.717, 1.165) is 16.0 Å². The fourth-order valence-corrected chi connectivity index (χ4v) is 2.84. The zero-order chi connectivity index (χ0) is 18.4. The quantitative estimate of drug-likeness (QED) is 0.813. The Morgan fingerprint density at radius 2 is 1.88 bits per heavy atom. The monoisotopic (exact) mass is 362 g/mol. The second-order valence-corrected chi connectivity index (χ2v) is 7.16. The summed E-state index contributed by atoms with van der Waals surface area (Å²) < 4.78 is 10.2. The number of hydrogen-bond acceptors (Lipinski definition) is 6. The van der Waals surface area contributed by atoms with Gasteiger partial charge in [-0.25, -0.2) is 14.6 Å². The maximum atomic E-state index is 11.9. The van der Waals surface area contributed by atoms with Crippen LogP contribution in [0.15, 0.2) is 29.8 Å². The Kier molecular flexibility index (Phi) is 6.14. The number of nitrogens with zero attached hydrogens (tertiary/aromatic N) is 1. The van der Waals surface area contributed by atoms with Gasteiger partial charge in [0.05, 0.1) is 17.0 Å². The molecule has 0 saturated carbocycles. The Hall–Kier alpha value is -2.41. The lowest BCUT2D eigenvalue weighted by atomic mass is 10.1. The summed E-state index contributed by atoms with van der Waals surface area (Å²) in [6.45, 7) is 7.89. The fourth-order valence-electron chi connectivity index (χ4n) is 2.06. The van der Waals surface area contributed by atoms with Crippen LogP contribution in [0.1, 0.15) is 43.7 Å². The summed E-state index contributed by atoms with van der Waals surface area (Å²) in [4.78, 5) is 28.5. The van der Waals surface area contributed by atoms with Crippen molar-refractivity contribution in [1.29, 1.82) is 0 Å². The lowest BCUT2D eigenvalue weighted by Gasteiger charge is -2.19. The number of amides is 1. The van der Waals surface area contributed by atoms with E-state index in [9.17, 15) is 9.59 Å². The van der Waals surface area contributed by atoms with E-state index in [-0.39, 0.29) is 0 Å². The van der Waals surface area contributed by atoms with E-state index in [1.165, 1.54) is 11.3 Å². The Morgan fingerprint density at radius 1 is 1.20 bits per heavy atom. The topological polar surface area (TPSA) is 77.5 Å². The minimum absolute atomic E-state index is 0.311. The maximum Gasteiger partial charge on any atom is 0.407 e. The summed E-state index contributed by atoms with van der Waals surface area (Å²) >= 11 is 1.39. The van der Waals surface area contributed by atoms with Gasteiger partial charge in [-0.3, -0.25) is 0 Å². The SMILES string of the molecule is CCOC(=O)c1ncsc1-c1ccc(CNC(=O)OC(C)(C)C)cc1. The van der Waals surface area contributed by atoms with Crippen LogP contribution < -0.4 is 5.32 Å². The third-order valence-corrected chi connectivity index (χ3v) is 3.96. The fraction of sp³-hybridized carbons (Fsp3) is 0.389. The van der Waals surface area contributed by atoms with Crippen molar-refractivity contribution in [2.75, 3.05) is 6.61 Å². The summed E-state index contributed by atoms with van der Waals surface area (Å²) in [6.07, 6.45) is -0.455. The molecule has 0 atom stereocenters. The number of rotatable bonds is 5. The van der Waals surface area contributed by atoms with Crippen LogP contribution in [0, 0.1) is 0 Å². The minimum Gasteiger partial charge on any atom is -0.461 e. The molecule has 0 aliphatic carbocycles. The average Bonchev–Trinajstić information content (AvgIpc) is 3.02. The van der Waals surface area contributed by atoms with Crippen LogP contribution in [0.3, 0.4) is 0 Å². The van der Waals surface area contributed by atoms with Crippen molar-refractivity contribution in [2.24, 2.45) is 0 Å². The Bertz CT molecular complexity index is 732. The lowest BCUT2D eigenvalue weighted by molar-refractivity contribution is 0.0512. The molecule has 0 aliphatic rings. The number of carbonyl (C=O) groups excluding carboxylic acids is 2. The summed E-state index contributed by atoms with van der Waals surface area (Å²) in [5, 5.41) is 2.71. The number of thiazole rings is 1. The Morgan fingerprint density at radius 3 is 2.48 bits per heavy atom. The van der Waals surface area contributed by atoms with E-state index in [0.29, 0.717) is 18.8 Å². The minimum atomic E-state index is -0.524. The van der Waals surface area contributed by atoms with Gasteiger partial charge in [0, 0.05) is 6.54 Å². The highest BCUT2D eigenvalue weighted by atomic mass is 32.1. The number of alkyl carbamates (subject to hydrolysis) is 1. The number of carbonyl (C=O) groups is 2. The molecule has 1 heterocycles. The van der Waals surface area contributed by atoms with E-state index in [2.05, 4.69) is 10.3 Å². The molecule has 25 heavy (non-hydrogen) atoms. The van der Waals surface area contributed by atoms with Crippen LogP contribution in [0.2, 0.25) is 0 Å². The molecule has 0 unspecified atom stereocenters. The Balaban J connectivity index is 2.02. The lowest BCUT2D eigenvalue weighted by Crippen LogP contribution is -2.32. The van der Waals surface area contributed by atoms with Crippen LogP contribution in [-0.2, 0) is 16.0 Å². The summed E-state index contributed by atoms with van der Waals surface area (Å²) in [5.41, 5.74) is 3.23. The van der Waals surface area contributed by atoms with Crippen LogP contribution >= 0.6 is 11.3 Å². The van der Waals surface area contributed by atoms with Gasteiger partial charge in [-0.15, -0.1) is 11.3 Å². The van der Waals surface area contributed by atoms with Crippen molar-refractivity contribution in [3.05, 3.63) is 41.0 Å². The van der Waals surface area contributed by atoms with E-state index in [4.69, 9.17) is 9.47 Å². The number of esters is 1. The van der Waals surface area contributed by atoms with E-state index in [1.807, 2.05) is 45.0 Å². The van der Waals surface area contributed by atoms with E-state index in [1.54, 1.807) is 12.4 Å². The predicted molar refractivity (Wildman–Crippen MR) is 96.6 cm³/mol. The molecule has 0 spiro atoms. The van der Waals surface area contributed by atoms with Crippen LogP contribution in [0.4, 0.5) is 4.79 Å². The van der Waals surface area contributed by atoms with Gasteiger partial charge in [0.2, 0.25) is 0 Å². The van der Waals surface area contributed by atoms with Gasteiger partial charge >= 0.3 is 12.1 Å². The summed E-state index contributed by atoms with van der Waals surface area (Å²) in [7, 11) is 0. The molecule has 1 amide bonds. The molecule has 1 aromatic carbocycles. The molecule has 2 rings (SSSR count). The van der Waals surface area contributed by atoms with Crippen molar-refractivity contribution < 1.29 is 19.1 Å². The van der Waals surface area contributed by atoms with Gasteiger partial charge in [-0.2, -0.15) is 0 Å². The van der Waals surface area contributed by atoms with E-state index >= 15 is 0 Å². The van der Waals surface area contributed by atoms with Gasteiger partial charge < -0.3 is 14.8 Å². The van der Waals surface area contributed by atoms with Crippen molar-refractivity contribution in [3.8, 4) is 10.4 Å². The maximum absolute atomic E-state index is 11.9. The third-order valence-electron chi connectivity index (χ3n) is 3.09. The Labute approximate surface area is 151 Å². The molecule has 0 bridgehead atoms. The third kappa shape index (κ3) is 5.56. The summed E-state index contributed by atoms with van der Waals surface area (Å²) in [6, 6.07) is 7.56. The first kappa shape index (κ1) is 18.9. The number of nitrogens with one attached hydrogen (secondary N) is 1. The molecule has 0 radical (unpaired) electrons. The largest absolute Gasteiger partial charge is 0.461 e. The van der Waals surface area contributed by atoms with Crippen molar-refractivity contribution >= 4 is 23.4 Å². The molecule has 0 aliphatic heterocycles. The highest BCUT2D eigenvalue weighted by molar-refractivity contribution is 7.13. The standard InChI is InChI=1S/C18H22N2O4S/c1-5-23-16(21)14-15(25-11-20-14)13-8-6-12(7-9-13)10-19-17(22)24-18(2,3)4/h6-9,11H,5,10H2,1-4H3,(H,19,22). The molecule has 7 heteroatoms. The smallest absolute Gasteiger partial charge is 0.407 e.